The van der Waals surface area contributed by atoms with Gasteiger partial charge in [-0.25, -0.2) is 4.39 Å². The number of benzene rings is 2. The zero-order valence-electron chi connectivity index (χ0n) is 12.4. The summed E-state index contributed by atoms with van der Waals surface area (Å²) in [5.74, 6) is 0.682. The fourth-order valence-electron chi connectivity index (χ4n) is 3.42. The van der Waals surface area contributed by atoms with Crippen LogP contribution in [0.25, 0.3) is 10.9 Å². The second kappa shape index (κ2) is 5.14. The van der Waals surface area contributed by atoms with E-state index in [1.807, 2.05) is 12.1 Å². The van der Waals surface area contributed by atoms with Gasteiger partial charge in [-0.3, -0.25) is 0 Å². The van der Waals surface area contributed by atoms with Crippen molar-refractivity contribution in [3.63, 3.8) is 0 Å². The van der Waals surface area contributed by atoms with Gasteiger partial charge >= 0.3 is 0 Å². The number of quaternary nitrogens is 1. The third-order valence-corrected chi connectivity index (χ3v) is 4.46. The Balaban J connectivity index is 1.87. The van der Waals surface area contributed by atoms with E-state index in [0.29, 0.717) is 0 Å². The maximum absolute atomic E-state index is 13.6. The first-order chi connectivity index (χ1) is 10.8. The van der Waals surface area contributed by atoms with Gasteiger partial charge in [-0.15, -0.1) is 0 Å². The number of aromatic amines is 1. The number of fused-ring (bicyclic) bond motifs is 3. The predicted molar refractivity (Wildman–Crippen MR) is 83.6 cm³/mol. The number of hydrogen-bond donors (Lipinski definition) is 2. The van der Waals surface area contributed by atoms with Gasteiger partial charge in [0.2, 0.25) is 0 Å². The van der Waals surface area contributed by atoms with Gasteiger partial charge in [0.1, 0.15) is 11.6 Å². The van der Waals surface area contributed by atoms with Crippen molar-refractivity contribution in [3.05, 3.63) is 65.1 Å². The lowest BCUT2D eigenvalue weighted by molar-refractivity contribution is -0.690. The molecule has 2 aromatic carbocycles. The average molecular weight is 297 g/mol. The second-order valence-electron chi connectivity index (χ2n) is 5.74. The summed E-state index contributed by atoms with van der Waals surface area (Å²) in [5, 5.41) is 3.48. The highest BCUT2D eigenvalue weighted by molar-refractivity contribution is 5.86. The van der Waals surface area contributed by atoms with Crippen LogP contribution in [0.2, 0.25) is 0 Å². The number of methoxy groups -OCH3 is 1. The Labute approximate surface area is 128 Å². The molecule has 0 radical (unpaired) electrons. The molecule has 1 aromatic heterocycles. The molecule has 0 bridgehead atoms. The Bertz CT molecular complexity index is 840. The lowest BCUT2D eigenvalue weighted by atomic mass is 9.94. The number of halogens is 1. The van der Waals surface area contributed by atoms with E-state index in [0.717, 1.165) is 29.8 Å². The minimum Gasteiger partial charge on any atom is -0.497 e. The fourth-order valence-corrected chi connectivity index (χ4v) is 3.42. The summed E-state index contributed by atoms with van der Waals surface area (Å²) in [7, 11) is 1.68. The summed E-state index contributed by atoms with van der Waals surface area (Å²) >= 11 is 0. The molecule has 4 rings (SSSR count). The molecule has 0 aliphatic carbocycles. The number of nitrogens with one attached hydrogen (secondary N) is 1. The van der Waals surface area contributed by atoms with Crippen LogP contribution in [0.3, 0.4) is 0 Å². The molecule has 22 heavy (non-hydrogen) atoms. The highest BCUT2D eigenvalue weighted by Gasteiger charge is 2.28. The van der Waals surface area contributed by atoms with Crippen molar-refractivity contribution in [3.8, 4) is 5.75 Å². The van der Waals surface area contributed by atoms with E-state index in [2.05, 4.69) is 22.4 Å². The standard InChI is InChI=1S/C18H17FN2O/c1-22-13-5-6-16-15(10-13)14-7-8-20-17(18(14)21-16)11-3-2-4-12(19)9-11/h2-6,9-10,17,20-21H,7-8H2,1H3/p+1. The number of rotatable bonds is 2. The van der Waals surface area contributed by atoms with Crippen LogP contribution >= 0.6 is 0 Å². The molecule has 0 amide bonds. The summed E-state index contributed by atoms with van der Waals surface area (Å²) in [4.78, 5) is 3.53. The van der Waals surface area contributed by atoms with Crippen molar-refractivity contribution in [2.45, 2.75) is 12.5 Å². The highest BCUT2D eigenvalue weighted by atomic mass is 19.1. The maximum Gasteiger partial charge on any atom is 0.153 e. The Morgan fingerprint density at radius 3 is 2.95 bits per heavy atom. The normalized spacial score (nSPS) is 17.5. The SMILES string of the molecule is COc1ccc2[nH]c3c(c2c1)CC[NH2+]C3c1cccc(F)c1. The van der Waals surface area contributed by atoms with Crippen molar-refractivity contribution in [2.24, 2.45) is 0 Å². The van der Waals surface area contributed by atoms with E-state index in [-0.39, 0.29) is 11.9 Å². The van der Waals surface area contributed by atoms with Gasteiger partial charge in [-0.05, 0) is 35.9 Å². The van der Waals surface area contributed by atoms with Crippen molar-refractivity contribution in [2.75, 3.05) is 13.7 Å². The molecular weight excluding hydrogens is 279 g/mol. The van der Waals surface area contributed by atoms with Gasteiger partial charge in [0.05, 0.1) is 19.3 Å². The van der Waals surface area contributed by atoms with Crippen LogP contribution in [0, 0.1) is 5.82 Å². The predicted octanol–water partition coefficient (Wildman–Crippen LogP) is 2.52. The Hall–Kier alpha value is -2.33. The van der Waals surface area contributed by atoms with Gasteiger partial charge in [0.25, 0.3) is 0 Å². The third-order valence-electron chi connectivity index (χ3n) is 4.46. The summed E-state index contributed by atoms with van der Waals surface area (Å²) in [6.45, 7) is 0.998. The molecule has 0 saturated heterocycles. The van der Waals surface area contributed by atoms with Gasteiger partial charge in [0, 0.05) is 22.9 Å². The first kappa shape index (κ1) is 13.3. The lowest BCUT2D eigenvalue weighted by Gasteiger charge is -2.21. The quantitative estimate of drug-likeness (QED) is 0.750. The number of hydrogen-bond acceptors (Lipinski definition) is 1. The summed E-state index contributed by atoms with van der Waals surface area (Å²) < 4.78 is 18.9. The van der Waals surface area contributed by atoms with Crippen molar-refractivity contribution >= 4 is 10.9 Å². The minimum absolute atomic E-state index is 0.123. The molecule has 3 nitrogen and oxygen atoms in total. The van der Waals surface area contributed by atoms with Gasteiger partial charge in [0.15, 0.2) is 6.04 Å². The van der Waals surface area contributed by atoms with E-state index in [9.17, 15) is 4.39 Å². The molecule has 0 fully saturated rings. The van der Waals surface area contributed by atoms with Crippen LogP contribution in [0.1, 0.15) is 22.9 Å². The van der Waals surface area contributed by atoms with Gasteiger partial charge < -0.3 is 15.0 Å². The number of H-pyrrole nitrogens is 1. The molecule has 112 valence electrons. The molecule has 3 N–H and O–H groups in total. The van der Waals surface area contributed by atoms with Crippen molar-refractivity contribution in [1.29, 1.82) is 0 Å². The molecular formula is C18H18FN2O+. The monoisotopic (exact) mass is 297 g/mol. The summed E-state index contributed by atoms with van der Waals surface area (Å²) in [5.41, 5.74) is 4.62. The maximum atomic E-state index is 13.6. The van der Waals surface area contributed by atoms with E-state index in [4.69, 9.17) is 4.74 Å². The molecule has 4 heteroatoms. The third kappa shape index (κ3) is 2.07. The lowest BCUT2D eigenvalue weighted by Crippen LogP contribution is -2.87. The number of nitrogens with two attached hydrogens (primary N) is 1. The number of aromatic nitrogens is 1. The molecule has 2 heterocycles. The summed E-state index contributed by atoms with van der Waals surface area (Å²) in [6.07, 6.45) is 1.01. The minimum atomic E-state index is -0.184. The van der Waals surface area contributed by atoms with Crippen LogP contribution in [0.4, 0.5) is 4.39 Å². The van der Waals surface area contributed by atoms with Crippen molar-refractivity contribution < 1.29 is 14.4 Å². The largest absolute Gasteiger partial charge is 0.497 e. The van der Waals surface area contributed by atoms with E-state index in [1.165, 1.54) is 22.7 Å². The molecule has 1 atom stereocenters. The number of ether oxygens (including phenoxy) is 1. The molecule has 1 unspecified atom stereocenters. The molecule has 1 aliphatic heterocycles. The molecule has 0 saturated carbocycles. The van der Waals surface area contributed by atoms with Crippen LogP contribution in [-0.2, 0) is 6.42 Å². The van der Waals surface area contributed by atoms with Crippen LogP contribution in [0.15, 0.2) is 42.5 Å². The molecule has 1 aliphatic rings. The van der Waals surface area contributed by atoms with E-state index in [1.54, 1.807) is 19.2 Å². The van der Waals surface area contributed by atoms with Gasteiger partial charge in [-0.1, -0.05) is 12.1 Å². The topological polar surface area (TPSA) is 41.6 Å². The van der Waals surface area contributed by atoms with Crippen LogP contribution in [-0.4, -0.2) is 18.6 Å². The Kier molecular flexibility index (Phi) is 3.12. The smallest absolute Gasteiger partial charge is 0.153 e. The van der Waals surface area contributed by atoms with Crippen molar-refractivity contribution in [1.82, 2.24) is 4.98 Å². The zero-order chi connectivity index (χ0) is 15.1. The van der Waals surface area contributed by atoms with Gasteiger partial charge in [-0.2, -0.15) is 0 Å². The average Bonchev–Trinajstić information content (AvgIpc) is 2.92. The Morgan fingerprint density at radius 2 is 2.14 bits per heavy atom. The fraction of sp³-hybridized carbons (Fsp3) is 0.222. The van der Waals surface area contributed by atoms with Crippen LogP contribution in [0.5, 0.6) is 5.75 Å². The first-order valence-corrected chi connectivity index (χ1v) is 7.53. The highest BCUT2D eigenvalue weighted by Crippen LogP contribution is 2.32. The molecule has 0 spiro atoms. The second-order valence-corrected chi connectivity index (χ2v) is 5.74. The zero-order valence-corrected chi connectivity index (χ0v) is 12.4. The van der Waals surface area contributed by atoms with E-state index >= 15 is 0 Å². The first-order valence-electron chi connectivity index (χ1n) is 7.53. The van der Waals surface area contributed by atoms with Crippen LogP contribution < -0.4 is 10.1 Å². The van der Waals surface area contributed by atoms with E-state index < -0.39 is 0 Å². The molecule has 3 aromatic rings. The summed E-state index contributed by atoms with van der Waals surface area (Å²) in [6, 6.07) is 13.1. The Morgan fingerprint density at radius 1 is 1.23 bits per heavy atom.